The molecule has 110 valence electrons. The molecular weight excluding hydrogens is 342 g/mol. The highest BCUT2D eigenvalue weighted by molar-refractivity contribution is 9.10. The van der Waals surface area contributed by atoms with E-state index in [0.29, 0.717) is 11.6 Å². The average molecular weight is 361 g/mol. The summed E-state index contributed by atoms with van der Waals surface area (Å²) in [6.07, 6.45) is 4.29. The highest BCUT2D eigenvalue weighted by atomic mass is 79.9. The van der Waals surface area contributed by atoms with Gasteiger partial charge in [0.15, 0.2) is 0 Å². The lowest BCUT2D eigenvalue weighted by Gasteiger charge is -2.19. The molecule has 0 saturated heterocycles. The van der Waals surface area contributed by atoms with Crippen LogP contribution in [0.5, 0.6) is 0 Å². The quantitative estimate of drug-likeness (QED) is 0.765. The molecule has 0 aromatic heterocycles. The van der Waals surface area contributed by atoms with Crippen molar-refractivity contribution in [3.8, 4) is 0 Å². The van der Waals surface area contributed by atoms with E-state index in [1.807, 2.05) is 51.1 Å². The second-order valence-electron chi connectivity index (χ2n) is 5.29. The van der Waals surface area contributed by atoms with Crippen molar-refractivity contribution in [1.29, 1.82) is 0 Å². The molecule has 20 heavy (non-hydrogen) atoms. The fourth-order valence-corrected chi connectivity index (χ4v) is 1.84. The Balaban J connectivity index is 2.32. The molecule has 3 nitrogen and oxygen atoms in total. The molecule has 1 amide bonds. The van der Waals surface area contributed by atoms with E-state index in [4.69, 9.17) is 16.3 Å². The van der Waals surface area contributed by atoms with Crippen LogP contribution in [-0.4, -0.2) is 18.2 Å². The van der Waals surface area contributed by atoms with Gasteiger partial charge in [-0.3, -0.25) is 0 Å². The number of ether oxygens (including phenoxy) is 1. The molecule has 0 aliphatic heterocycles. The third-order valence-electron chi connectivity index (χ3n) is 2.23. The van der Waals surface area contributed by atoms with Gasteiger partial charge in [0, 0.05) is 11.0 Å². The number of benzene rings is 1. The Morgan fingerprint density at radius 1 is 1.45 bits per heavy atom. The third kappa shape index (κ3) is 6.96. The van der Waals surface area contributed by atoms with E-state index < -0.39 is 11.7 Å². The molecule has 1 rings (SSSR count). The van der Waals surface area contributed by atoms with E-state index in [0.717, 1.165) is 16.5 Å². The molecule has 0 heterocycles. The molecule has 0 saturated carbocycles. The van der Waals surface area contributed by atoms with Gasteiger partial charge in [0.1, 0.15) is 5.60 Å². The smallest absolute Gasteiger partial charge is 0.407 e. The Hall–Kier alpha value is -1.000. The molecule has 0 atom stereocenters. The minimum absolute atomic E-state index is 0.391. The molecule has 1 aromatic rings. The first kappa shape index (κ1) is 17.1. The summed E-state index contributed by atoms with van der Waals surface area (Å²) in [5.74, 6) is 0. The predicted octanol–water partition coefficient (Wildman–Crippen LogP) is 5.03. The highest BCUT2D eigenvalue weighted by Crippen LogP contribution is 2.23. The van der Waals surface area contributed by atoms with Crippen LogP contribution >= 0.6 is 27.5 Å². The predicted molar refractivity (Wildman–Crippen MR) is 87.0 cm³/mol. The fraction of sp³-hybridized carbons (Fsp3) is 0.400. The summed E-state index contributed by atoms with van der Waals surface area (Å²) in [6.45, 7) is 6.05. The number of halogens is 2. The second-order valence-corrected chi connectivity index (χ2v) is 6.55. The lowest BCUT2D eigenvalue weighted by molar-refractivity contribution is 0.0529. The van der Waals surface area contributed by atoms with Gasteiger partial charge in [-0.25, -0.2) is 4.79 Å². The molecule has 0 unspecified atom stereocenters. The largest absolute Gasteiger partial charge is 0.444 e. The number of alkyl carbamates (subject to hydrolysis) is 1. The number of carbonyl (C=O) groups excluding carboxylic acids is 1. The number of carbonyl (C=O) groups is 1. The number of amides is 1. The topological polar surface area (TPSA) is 38.3 Å². The summed E-state index contributed by atoms with van der Waals surface area (Å²) in [6, 6.07) is 5.75. The lowest BCUT2D eigenvalue weighted by atomic mass is 10.2. The lowest BCUT2D eigenvalue weighted by Crippen LogP contribution is -2.32. The maximum absolute atomic E-state index is 11.4. The zero-order valence-electron chi connectivity index (χ0n) is 11.9. The number of nitrogens with one attached hydrogen (secondary N) is 1. The van der Waals surface area contributed by atoms with Crippen LogP contribution in [0.1, 0.15) is 32.8 Å². The molecule has 1 N–H and O–H groups in total. The number of hydrogen-bond donors (Lipinski definition) is 1. The van der Waals surface area contributed by atoms with E-state index in [9.17, 15) is 4.79 Å². The number of rotatable bonds is 4. The Morgan fingerprint density at radius 2 is 2.15 bits per heavy atom. The molecule has 5 heteroatoms. The standard InChI is InChI=1S/C15H19BrClNO2/c1-15(2,3)20-14(19)18-9-5-4-6-11-7-8-12(16)13(17)10-11/h4,6-8,10H,5,9H2,1-3H3,(H,18,19). The Labute approximate surface area is 133 Å². The van der Waals surface area contributed by atoms with Crippen LogP contribution in [0.4, 0.5) is 4.79 Å². The first-order valence-electron chi connectivity index (χ1n) is 6.36. The molecule has 0 spiro atoms. The van der Waals surface area contributed by atoms with Crippen molar-refractivity contribution >= 4 is 39.7 Å². The fourth-order valence-electron chi connectivity index (χ4n) is 1.41. The van der Waals surface area contributed by atoms with Gasteiger partial charge in [0.2, 0.25) is 0 Å². The zero-order chi connectivity index (χ0) is 15.2. The molecule has 0 radical (unpaired) electrons. The van der Waals surface area contributed by atoms with Crippen LogP contribution in [0.2, 0.25) is 5.02 Å². The van der Waals surface area contributed by atoms with E-state index in [-0.39, 0.29) is 0 Å². The molecular formula is C15H19BrClNO2. The Kier molecular flexibility index (Phi) is 6.56. The minimum Gasteiger partial charge on any atom is -0.444 e. The van der Waals surface area contributed by atoms with Gasteiger partial charge in [-0.2, -0.15) is 0 Å². The van der Waals surface area contributed by atoms with E-state index >= 15 is 0 Å². The van der Waals surface area contributed by atoms with Crippen molar-refractivity contribution in [2.75, 3.05) is 6.54 Å². The van der Waals surface area contributed by atoms with Gasteiger partial charge < -0.3 is 10.1 Å². The van der Waals surface area contributed by atoms with Crippen molar-refractivity contribution in [3.63, 3.8) is 0 Å². The van der Waals surface area contributed by atoms with Gasteiger partial charge in [-0.05, 0) is 60.8 Å². The Bertz CT molecular complexity index is 495. The summed E-state index contributed by atoms with van der Waals surface area (Å²) in [5, 5.41) is 3.38. The van der Waals surface area contributed by atoms with Gasteiger partial charge in [0.05, 0.1) is 5.02 Å². The SMILES string of the molecule is CC(C)(C)OC(=O)NCCC=Cc1ccc(Br)c(Cl)c1. The van der Waals surface area contributed by atoms with Crippen LogP contribution in [0, 0.1) is 0 Å². The average Bonchev–Trinajstić information content (AvgIpc) is 2.31. The molecule has 0 fully saturated rings. The monoisotopic (exact) mass is 359 g/mol. The summed E-state index contributed by atoms with van der Waals surface area (Å²) in [7, 11) is 0. The minimum atomic E-state index is -0.464. The van der Waals surface area contributed by atoms with E-state index in [2.05, 4.69) is 21.2 Å². The summed E-state index contributed by atoms with van der Waals surface area (Å²) >= 11 is 9.35. The molecule has 0 aliphatic carbocycles. The van der Waals surface area contributed by atoms with Crippen LogP contribution in [-0.2, 0) is 4.74 Å². The van der Waals surface area contributed by atoms with Crippen molar-refractivity contribution < 1.29 is 9.53 Å². The van der Waals surface area contributed by atoms with Crippen molar-refractivity contribution in [3.05, 3.63) is 39.3 Å². The third-order valence-corrected chi connectivity index (χ3v) is 3.47. The Morgan fingerprint density at radius 3 is 2.75 bits per heavy atom. The molecule has 0 aliphatic rings. The van der Waals surface area contributed by atoms with Crippen LogP contribution in [0.3, 0.4) is 0 Å². The van der Waals surface area contributed by atoms with Crippen molar-refractivity contribution in [2.45, 2.75) is 32.8 Å². The van der Waals surface area contributed by atoms with Crippen LogP contribution in [0.25, 0.3) is 6.08 Å². The first-order chi connectivity index (χ1) is 9.28. The maximum atomic E-state index is 11.4. The van der Waals surface area contributed by atoms with Crippen molar-refractivity contribution in [1.82, 2.24) is 5.32 Å². The highest BCUT2D eigenvalue weighted by Gasteiger charge is 2.15. The van der Waals surface area contributed by atoms with E-state index in [1.54, 1.807) is 0 Å². The summed E-state index contributed by atoms with van der Waals surface area (Å²) in [4.78, 5) is 11.4. The number of hydrogen-bond acceptors (Lipinski definition) is 2. The summed E-state index contributed by atoms with van der Waals surface area (Å²) in [5.41, 5.74) is 0.559. The van der Waals surface area contributed by atoms with Gasteiger partial charge in [-0.1, -0.05) is 29.8 Å². The molecule has 1 aromatic carbocycles. The van der Waals surface area contributed by atoms with E-state index in [1.165, 1.54) is 0 Å². The van der Waals surface area contributed by atoms with Gasteiger partial charge in [-0.15, -0.1) is 0 Å². The van der Waals surface area contributed by atoms with Gasteiger partial charge >= 0.3 is 6.09 Å². The first-order valence-corrected chi connectivity index (χ1v) is 7.53. The van der Waals surface area contributed by atoms with Crippen LogP contribution in [0.15, 0.2) is 28.7 Å². The maximum Gasteiger partial charge on any atom is 0.407 e. The van der Waals surface area contributed by atoms with Crippen LogP contribution < -0.4 is 5.32 Å². The zero-order valence-corrected chi connectivity index (χ0v) is 14.2. The van der Waals surface area contributed by atoms with Crippen molar-refractivity contribution in [2.24, 2.45) is 0 Å². The summed E-state index contributed by atoms with van der Waals surface area (Å²) < 4.78 is 6.01. The normalized spacial score (nSPS) is 11.7. The second kappa shape index (κ2) is 7.70. The molecule has 0 bridgehead atoms. The van der Waals surface area contributed by atoms with Gasteiger partial charge in [0.25, 0.3) is 0 Å².